The Labute approximate surface area is 144 Å². The first-order chi connectivity index (χ1) is 11.4. The van der Waals surface area contributed by atoms with Crippen molar-refractivity contribution in [3.8, 4) is 0 Å². The van der Waals surface area contributed by atoms with Gasteiger partial charge in [-0.2, -0.15) is 0 Å². The van der Waals surface area contributed by atoms with Gasteiger partial charge < -0.3 is 20.2 Å². The van der Waals surface area contributed by atoms with E-state index < -0.39 is 11.9 Å². The van der Waals surface area contributed by atoms with Crippen molar-refractivity contribution in [2.24, 2.45) is 0 Å². The Morgan fingerprint density at radius 3 is 2.21 bits per heavy atom. The smallest absolute Gasteiger partial charge is 0.414 e. The zero-order valence-electron chi connectivity index (χ0n) is 13.3. The lowest BCUT2D eigenvalue weighted by molar-refractivity contribution is -0.159. The standard InChI is InChI=1S/C15H19NOS.C2H2O4/c1-16(12-13-6-3-2-4-7-13)10-9-14(17)15-8-5-11-18-15;3-1(4)2(5)6/h2-8,11,14,17H,9-10,12H2,1H3;(H,3,4)(H,5,6)/t14-;/m0./s1. The van der Waals surface area contributed by atoms with E-state index in [2.05, 4.69) is 36.2 Å². The summed E-state index contributed by atoms with van der Waals surface area (Å²) in [6.45, 7) is 1.83. The maximum absolute atomic E-state index is 10.0. The summed E-state index contributed by atoms with van der Waals surface area (Å²) in [7, 11) is 2.09. The van der Waals surface area contributed by atoms with Gasteiger partial charge in [0.1, 0.15) is 0 Å². The molecule has 7 heteroatoms. The molecule has 0 radical (unpaired) electrons. The molecule has 24 heavy (non-hydrogen) atoms. The van der Waals surface area contributed by atoms with Crippen molar-refractivity contribution in [3.05, 3.63) is 58.3 Å². The summed E-state index contributed by atoms with van der Waals surface area (Å²) < 4.78 is 0. The lowest BCUT2D eigenvalue weighted by Crippen LogP contribution is -2.20. The van der Waals surface area contributed by atoms with E-state index in [-0.39, 0.29) is 6.10 Å². The van der Waals surface area contributed by atoms with Crippen LogP contribution in [-0.4, -0.2) is 45.8 Å². The molecule has 0 aliphatic rings. The molecule has 1 aromatic carbocycles. The topological polar surface area (TPSA) is 98.1 Å². The summed E-state index contributed by atoms with van der Waals surface area (Å²) in [6.07, 6.45) is 0.451. The van der Waals surface area contributed by atoms with Crippen molar-refractivity contribution in [1.29, 1.82) is 0 Å². The molecule has 3 N–H and O–H groups in total. The summed E-state index contributed by atoms with van der Waals surface area (Å²) in [5.41, 5.74) is 1.31. The first kappa shape index (κ1) is 19.8. The van der Waals surface area contributed by atoms with Crippen LogP contribution in [0, 0.1) is 0 Å². The van der Waals surface area contributed by atoms with Crippen LogP contribution in [0.4, 0.5) is 0 Å². The van der Waals surface area contributed by atoms with E-state index in [0.29, 0.717) is 0 Å². The van der Waals surface area contributed by atoms with E-state index in [1.807, 2.05) is 23.6 Å². The molecule has 0 bridgehead atoms. The average molecular weight is 351 g/mol. The van der Waals surface area contributed by atoms with Crippen LogP contribution in [0.25, 0.3) is 0 Å². The van der Waals surface area contributed by atoms with Crippen LogP contribution in [-0.2, 0) is 16.1 Å². The Kier molecular flexibility index (Phi) is 8.70. The molecule has 6 nitrogen and oxygen atoms in total. The third-order valence-electron chi connectivity index (χ3n) is 3.13. The highest BCUT2D eigenvalue weighted by atomic mass is 32.1. The maximum atomic E-state index is 10.0. The molecule has 0 fully saturated rings. The van der Waals surface area contributed by atoms with Gasteiger partial charge in [0.05, 0.1) is 6.10 Å². The van der Waals surface area contributed by atoms with E-state index in [1.165, 1.54) is 5.56 Å². The minimum absolute atomic E-state index is 0.330. The van der Waals surface area contributed by atoms with Crippen LogP contribution in [0.15, 0.2) is 47.8 Å². The Morgan fingerprint density at radius 2 is 1.71 bits per heavy atom. The van der Waals surface area contributed by atoms with Gasteiger partial charge >= 0.3 is 11.9 Å². The van der Waals surface area contributed by atoms with Crippen molar-refractivity contribution in [2.75, 3.05) is 13.6 Å². The number of hydrogen-bond donors (Lipinski definition) is 3. The van der Waals surface area contributed by atoms with Crippen LogP contribution in [0.3, 0.4) is 0 Å². The van der Waals surface area contributed by atoms with Gasteiger partial charge in [0.2, 0.25) is 0 Å². The van der Waals surface area contributed by atoms with Crippen LogP contribution in [0.5, 0.6) is 0 Å². The lowest BCUT2D eigenvalue weighted by Gasteiger charge is -2.18. The summed E-state index contributed by atoms with van der Waals surface area (Å²) in [4.78, 5) is 21.5. The Balaban J connectivity index is 0.000000413. The molecule has 1 aromatic heterocycles. The van der Waals surface area contributed by atoms with Crippen LogP contribution >= 0.6 is 11.3 Å². The van der Waals surface area contributed by atoms with E-state index in [9.17, 15) is 5.11 Å². The average Bonchev–Trinajstić information content (AvgIpc) is 3.08. The van der Waals surface area contributed by atoms with Gasteiger partial charge in [0.15, 0.2) is 0 Å². The van der Waals surface area contributed by atoms with Crippen LogP contribution in [0.1, 0.15) is 23.0 Å². The zero-order valence-corrected chi connectivity index (χ0v) is 14.1. The van der Waals surface area contributed by atoms with Crippen molar-refractivity contribution in [2.45, 2.75) is 19.1 Å². The van der Waals surface area contributed by atoms with Crippen molar-refractivity contribution >= 4 is 23.3 Å². The number of hydrogen-bond acceptors (Lipinski definition) is 5. The second-order valence-corrected chi connectivity index (χ2v) is 6.13. The maximum Gasteiger partial charge on any atom is 0.414 e. The number of aliphatic carboxylic acids is 2. The van der Waals surface area contributed by atoms with Crippen molar-refractivity contribution < 1.29 is 24.9 Å². The third kappa shape index (κ3) is 7.87. The number of aliphatic hydroxyl groups is 1. The highest BCUT2D eigenvalue weighted by Gasteiger charge is 2.09. The quantitative estimate of drug-likeness (QED) is 0.692. The Bertz CT molecular complexity index is 603. The minimum atomic E-state index is -1.82. The second-order valence-electron chi connectivity index (χ2n) is 5.15. The summed E-state index contributed by atoms with van der Waals surface area (Å²) in [5, 5.41) is 26.8. The highest BCUT2D eigenvalue weighted by molar-refractivity contribution is 7.10. The second kappa shape index (κ2) is 10.5. The van der Waals surface area contributed by atoms with Gasteiger partial charge in [0.25, 0.3) is 0 Å². The molecule has 1 heterocycles. The molecule has 0 saturated carbocycles. The molecule has 2 aromatic rings. The SMILES string of the molecule is CN(CC[C@H](O)c1cccs1)Cc1ccccc1.O=C(O)C(=O)O. The predicted molar refractivity (Wildman–Crippen MR) is 91.9 cm³/mol. The van der Waals surface area contributed by atoms with Gasteiger partial charge in [-0.1, -0.05) is 36.4 Å². The fraction of sp³-hybridized carbons (Fsp3) is 0.294. The largest absolute Gasteiger partial charge is 0.473 e. The van der Waals surface area contributed by atoms with E-state index in [0.717, 1.165) is 24.4 Å². The van der Waals surface area contributed by atoms with Gasteiger partial charge in [-0.15, -0.1) is 11.3 Å². The fourth-order valence-corrected chi connectivity index (χ4v) is 2.69. The van der Waals surface area contributed by atoms with Crippen molar-refractivity contribution in [1.82, 2.24) is 4.90 Å². The number of carboxylic acid groups (broad SMARTS) is 2. The first-order valence-corrected chi connectivity index (χ1v) is 8.18. The van der Waals surface area contributed by atoms with E-state index >= 15 is 0 Å². The zero-order chi connectivity index (χ0) is 17.9. The monoisotopic (exact) mass is 351 g/mol. The van der Waals surface area contributed by atoms with Crippen LogP contribution in [0.2, 0.25) is 0 Å². The molecular weight excluding hydrogens is 330 g/mol. The van der Waals surface area contributed by atoms with Gasteiger partial charge in [-0.25, -0.2) is 9.59 Å². The number of carboxylic acids is 2. The minimum Gasteiger partial charge on any atom is -0.473 e. The molecule has 0 aliphatic heterocycles. The number of rotatable bonds is 6. The highest BCUT2D eigenvalue weighted by Crippen LogP contribution is 2.21. The van der Waals surface area contributed by atoms with E-state index in [4.69, 9.17) is 19.8 Å². The molecule has 0 aliphatic carbocycles. The lowest BCUT2D eigenvalue weighted by atomic mass is 10.2. The summed E-state index contributed by atoms with van der Waals surface area (Å²) in [6, 6.07) is 14.4. The molecule has 0 amide bonds. The normalized spacial score (nSPS) is 11.5. The van der Waals surface area contributed by atoms with Gasteiger partial charge in [0, 0.05) is 18.0 Å². The fourth-order valence-electron chi connectivity index (χ4n) is 1.94. The number of thiophene rings is 1. The molecular formula is C17H21NO5S. The molecule has 0 saturated heterocycles. The molecule has 0 spiro atoms. The number of carbonyl (C=O) groups is 2. The summed E-state index contributed by atoms with van der Waals surface area (Å²) >= 11 is 1.62. The molecule has 2 rings (SSSR count). The first-order valence-electron chi connectivity index (χ1n) is 7.30. The molecule has 1 atom stereocenters. The Morgan fingerprint density at radius 1 is 1.08 bits per heavy atom. The number of aliphatic hydroxyl groups excluding tert-OH is 1. The number of nitrogens with zero attached hydrogens (tertiary/aromatic N) is 1. The van der Waals surface area contributed by atoms with Crippen LogP contribution < -0.4 is 0 Å². The van der Waals surface area contributed by atoms with Gasteiger partial charge in [-0.3, -0.25) is 0 Å². The molecule has 130 valence electrons. The van der Waals surface area contributed by atoms with Crippen molar-refractivity contribution in [3.63, 3.8) is 0 Å². The predicted octanol–water partition coefficient (Wildman–Crippen LogP) is 2.46. The summed E-state index contributed by atoms with van der Waals surface area (Å²) in [5.74, 6) is -3.65. The third-order valence-corrected chi connectivity index (χ3v) is 4.11. The number of benzene rings is 1. The van der Waals surface area contributed by atoms with Gasteiger partial charge in [-0.05, 0) is 30.5 Å². The molecule has 0 unspecified atom stereocenters. The van der Waals surface area contributed by atoms with E-state index in [1.54, 1.807) is 11.3 Å². The Hall–Kier alpha value is -2.22.